The molecule has 0 aliphatic carbocycles. The maximum Gasteiger partial charge on any atom is 0.118 e. The molecule has 3 rings (SSSR count). The van der Waals surface area contributed by atoms with E-state index >= 15 is 0 Å². The molecule has 0 amide bonds. The summed E-state index contributed by atoms with van der Waals surface area (Å²) in [4.78, 5) is 2.40. The lowest BCUT2D eigenvalue weighted by Gasteiger charge is -2.12. The van der Waals surface area contributed by atoms with E-state index in [-0.39, 0.29) is 5.25 Å². The number of rotatable bonds is 11. The van der Waals surface area contributed by atoms with Gasteiger partial charge in [-0.2, -0.15) is 0 Å². The molecule has 1 unspecified atom stereocenters. The molecule has 0 spiro atoms. The fourth-order valence-electron chi connectivity index (χ4n) is 3.26. The van der Waals surface area contributed by atoms with Crippen molar-refractivity contribution in [3.05, 3.63) is 96.1 Å². The topological polar surface area (TPSA) is 18.5 Å². The molecule has 0 heterocycles. The number of methoxy groups -OCH3 is 2. The highest BCUT2D eigenvalue weighted by Crippen LogP contribution is 2.29. The van der Waals surface area contributed by atoms with Crippen molar-refractivity contribution >= 4 is 29.6 Å². The Morgan fingerprint density at radius 2 is 1.53 bits per heavy atom. The molecule has 36 heavy (non-hydrogen) atoms. The lowest BCUT2D eigenvalue weighted by molar-refractivity contribution is 0.193. The molecule has 0 aromatic heterocycles. The molecule has 2 nitrogen and oxygen atoms in total. The fourth-order valence-corrected chi connectivity index (χ4v) is 4.91. The molecule has 4 heteroatoms. The Morgan fingerprint density at radius 3 is 2.19 bits per heavy atom. The van der Waals surface area contributed by atoms with Crippen LogP contribution in [0.4, 0.5) is 0 Å². The quantitative estimate of drug-likeness (QED) is 0.148. The Bertz CT molecular complexity index is 1180. The van der Waals surface area contributed by atoms with Crippen molar-refractivity contribution in [2.75, 3.05) is 26.6 Å². The maximum atomic E-state index is 5.33. The zero-order valence-corrected chi connectivity index (χ0v) is 22.5. The standard InChI is InChI=1S/C32H32O2S2/c1-33-24-12-4-3-7-14-28(26-27-20-22-29(34-2)23-21-27)32(36-31-17-10-6-11-18-31)19-13-25-35-30-15-8-5-9-16-30/h5-6,8-11,15-18,20-23,26,32H,3-4,12,24-25H2,1-2H3/b28-26-. The van der Waals surface area contributed by atoms with Crippen molar-refractivity contribution < 1.29 is 9.47 Å². The molecule has 0 N–H and O–H groups in total. The van der Waals surface area contributed by atoms with Crippen molar-refractivity contribution in [1.29, 1.82) is 0 Å². The first-order chi connectivity index (χ1) is 17.8. The van der Waals surface area contributed by atoms with Gasteiger partial charge in [-0.1, -0.05) is 72.2 Å². The molecule has 0 radical (unpaired) electrons. The molecule has 3 aromatic carbocycles. The number of benzene rings is 3. The number of thioether (sulfide) groups is 2. The van der Waals surface area contributed by atoms with Crippen LogP contribution in [0, 0.1) is 23.7 Å². The molecule has 184 valence electrons. The van der Waals surface area contributed by atoms with E-state index < -0.39 is 0 Å². The minimum absolute atomic E-state index is 0.0719. The zero-order chi connectivity index (χ0) is 25.3. The van der Waals surface area contributed by atoms with Crippen molar-refractivity contribution in [3.8, 4) is 29.4 Å². The van der Waals surface area contributed by atoms with Crippen LogP contribution in [0.3, 0.4) is 0 Å². The van der Waals surface area contributed by atoms with Gasteiger partial charge in [0.05, 0.1) is 12.9 Å². The third-order valence-electron chi connectivity index (χ3n) is 5.14. The minimum atomic E-state index is -0.0719. The lowest BCUT2D eigenvalue weighted by Crippen LogP contribution is -2.03. The summed E-state index contributed by atoms with van der Waals surface area (Å²) >= 11 is 3.50. The number of ether oxygens (including phenoxy) is 2. The van der Waals surface area contributed by atoms with Crippen LogP contribution in [0.2, 0.25) is 0 Å². The van der Waals surface area contributed by atoms with E-state index in [0.717, 1.165) is 48.5 Å². The van der Waals surface area contributed by atoms with Crippen molar-refractivity contribution in [2.45, 2.75) is 34.3 Å². The summed E-state index contributed by atoms with van der Waals surface area (Å²) in [6.45, 7) is 0.771. The SMILES string of the molecule is COCCCCC#C/C(=C/c1ccc(OC)cc1)C(C#CCSc1ccccc1)Sc1ccccc1. The first kappa shape index (κ1) is 27.6. The third-order valence-corrected chi connectivity index (χ3v) is 7.18. The van der Waals surface area contributed by atoms with Crippen molar-refractivity contribution in [1.82, 2.24) is 0 Å². The fraction of sp³-hybridized carbons (Fsp3) is 0.250. The monoisotopic (exact) mass is 512 g/mol. The molecule has 1 atom stereocenters. The Hall–Kier alpha value is -3.02. The summed E-state index contributed by atoms with van der Waals surface area (Å²) < 4.78 is 10.5. The van der Waals surface area contributed by atoms with Gasteiger partial charge in [-0.3, -0.25) is 0 Å². The first-order valence-corrected chi connectivity index (χ1v) is 13.9. The summed E-state index contributed by atoms with van der Waals surface area (Å²) in [5.74, 6) is 15.3. The predicted octanol–water partition coefficient (Wildman–Crippen LogP) is 7.86. The highest BCUT2D eigenvalue weighted by Gasteiger charge is 2.13. The molecular weight excluding hydrogens is 480 g/mol. The van der Waals surface area contributed by atoms with E-state index in [1.807, 2.05) is 24.3 Å². The van der Waals surface area contributed by atoms with E-state index in [2.05, 4.69) is 90.4 Å². The van der Waals surface area contributed by atoms with Gasteiger partial charge in [0.25, 0.3) is 0 Å². The van der Waals surface area contributed by atoms with Gasteiger partial charge in [-0.25, -0.2) is 0 Å². The van der Waals surface area contributed by atoms with Crippen LogP contribution in [0.15, 0.2) is 100 Å². The summed E-state index contributed by atoms with van der Waals surface area (Å²) in [5, 5.41) is -0.0719. The van der Waals surface area contributed by atoms with Crippen LogP contribution >= 0.6 is 23.5 Å². The van der Waals surface area contributed by atoms with E-state index in [0.29, 0.717) is 0 Å². The molecule has 0 aliphatic heterocycles. The van der Waals surface area contributed by atoms with Crippen LogP contribution in [0.25, 0.3) is 6.08 Å². The van der Waals surface area contributed by atoms with Gasteiger partial charge in [-0.05, 0) is 60.9 Å². The van der Waals surface area contributed by atoms with E-state index in [1.165, 1.54) is 9.79 Å². The molecule has 3 aromatic rings. The van der Waals surface area contributed by atoms with Crippen LogP contribution in [-0.4, -0.2) is 31.8 Å². The number of unbranched alkanes of at least 4 members (excludes halogenated alkanes) is 2. The van der Waals surface area contributed by atoms with Gasteiger partial charge >= 0.3 is 0 Å². The van der Waals surface area contributed by atoms with Crippen LogP contribution in [0.1, 0.15) is 24.8 Å². The smallest absolute Gasteiger partial charge is 0.118 e. The van der Waals surface area contributed by atoms with Crippen molar-refractivity contribution in [3.63, 3.8) is 0 Å². The molecule has 0 saturated carbocycles. The second-order valence-corrected chi connectivity index (χ2v) is 10.1. The number of hydrogen-bond donors (Lipinski definition) is 0. The van der Waals surface area contributed by atoms with Crippen LogP contribution < -0.4 is 4.74 Å². The zero-order valence-electron chi connectivity index (χ0n) is 20.9. The molecule has 0 saturated heterocycles. The predicted molar refractivity (Wildman–Crippen MR) is 156 cm³/mol. The van der Waals surface area contributed by atoms with Gasteiger partial charge in [0.1, 0.15) is 11.0 Å². The molecule has 0 fully saturated rings. The summed E-state index contributed by atoms with van der Waals surface area (Å²) in [5.41, 5.74) is 2.09. The highest BCUT2D eigenvalue weighted by molar-refractivity contribution is 8.00. The van der Waals surface area contributed by atoms with Gasteiger partial charge < -0.3 is 9.47 Å². The largest absolute Gasteiger partial charge is 0.497 e. The van der Waals surface area contributed by atoms with Crippen LogP contribution in [0.5, 0.6) is 5.75 Å². The molecular formula is C32H32O2S2. The Labute approximate surface area is 224 Å². The Kier molecular flexibility index (Phi) is 12.7. The Morgan fingerprint density at radius 1 is 0.833 bits per heavy atom. The second kappa shape index (κ2) is 16.6. The van der Waals surface area contributed by atoms with Gasteiger partial charge in [0.2, 0.25) is 0 Å². The van der Waals surface area contributed by atoms with Crippen LogP contribution in [-0.2, 0) is 4.74 Å². The normalized spacial score (nSPS) is 11.6. The average molecular weight is 513 g/mol. The van der Waals surface area contributed by atoms with Gasteiger partial charge in [0.15, 0.2) is 0 Å². The average Bonchev–Trinajstić information content (AvgIpc) is 2.93. The summed E-state index contributed by atoms with van der Waals surface area (Å²) in [6.07, 6.45) is 5.03. The highest BCUT2D eigenvalue weighted by atomic mass is 32.2. The third kappa shape index (κ3) is 10.3. The molecule has 0 bridgehead atoms. The summed E-state index contributed by atoms with van der Waals surface area (Å²) in [7, 11) is 3.42. The first-order valence-electron chi connectivity index (χ1n) is 12.0. The minimum Gasteiger partial charge on any atom is -0.497 e. The van der Waals surface area contributed by atoms with Gasteiger partial charge in [-0.15, -0.1) is 23.5 Å². The molecule has 0 aliphatic rings. The number of hydrogen-bond acceptors (Lipinski definition) is 4. The second-order valence-electron chi connectivity index (χ2n) is 7.86. The van der Waals surface area contributed by atoms with E-state index in [9.17, 15) is 0 Å². The van der Waals surface area contributed by atoms with Gasteiger partial charge in [0, 0.05) is 35.5 Å². The van der Waals surface area contributed by atoms with E-state index in [4.69, 9.17) is 9.47 Å². The Balaban J connectivity index is 1.86. The summed E-state index contributed by atoms with van der Waals surface area (Å²) in [6, 6.07) is 28.9. The van der Waals surface area contributed by atoms with E-state index in [1.54, 1.807) is 37.7 Å². The van der Waals surface area contributed by atoms with Crippen molar-refractivity contribution in [2.24, 2.45) is 0 Å². The maximum absolute atomic E-state index is 5.33. The lowest BCUT2D eigenvalue weighted by atomic mass is 10.1.